The molecule has 2 fully saturated rings. The lowest BCUT2D eigenvalue weighted by Crippen LogP contribution is -2.43. The summed E-state index contributed by atoms with van der Waals surface area (Å²) >= 11 is 1.59. The summed E-state index contributed by atoms with van der Waals surface area (Å²) in [6.07, 6.45) is 6.41. The first kappa shape index (κ1) is 15.2. The monoisotopic (exact) mass is 333 g/mol. The van der Waals surface area contributed by atoms with E-state index in [9.17, 15) is 14.7 Å². The molecule has 5 heteroatoms. The number of hydrogen-bond donors (Lipinski definition) is 1. The molecule has 3 aliphatic rings. The first-order valence-corrected chi connectivity index (χ1v) is 9.51. The van der Waals surface area contributed by atoms with Crippen LogP contribution >= 0.6 is 11.3 Å². The lowest BCUT2D eigenvalue weighted by Gasteiger charge is -2.23. The maximum absolute atomic E-state index is 13.0. The minimum absolute atomic E-state index is 0.0566. The van der Waals surface area contributed by atoms with E-state index in [-0.39, 0.29) is 11.8 Å². The third-order valence-corrected chi connectivity index (χ3v) is 7.17. The molecule has 1 aliphatic heterocycles. The molecule has 1 aromatic heterocycles. The van der Waals surface area contributed by atoms with Crippen molar-refractivity contribution in [1.82, 2.24) is 4.90 Å². The zero-order chi connectivity index (χ0) is 16.1. The predicted octanol–water partition coefficient (Wildman–Crippen LogP) is 3.20. The molecule has 0 radical (unpaired) electrons. The van der Waals surface area contributed by atoms with Crippen molar-refractivity contribution in [1.29, 1.82) is 0 Å². The Morgan fingerprint density at radius 2 is 2.13 bits per heavy atom. The van der Waals surface area contributed by atoms with Crippen LogP contribution in [0.4, 0.5) is 0 Å². The number of aliphatic carboxylic acids is 1. The van der Waals surface area contributed by atoms with E-state index < -0.39 is 12.0 Å². The summed E-state index contributed by atoms with van der Waals surface area (Å²) in [6.45, 7) is 2.88. The maximum atomic E-state index is 13.0. The SMILES string of the molecule is CC1CCc2sc(C(=O)N3CC4CCCC4C3C(=O)O)cc2C1. The topological polar surface area (TPSA) is 57.6 Å². The van der Waals surface area contributed by atoms with E-state index in [1.165, 1.54) is 16.9 Å². The molecule has 0 bridgehead atoms. The van der Waals surface area contributed by atoms with E-state index in [1.807, 2.05) is 6.07 Å². The van der Waals surface area contributed by atoms with Crippen LogP contribution in [0.3, 0.4) is 0 Å². The van der Waals surface area contributed by atoms with Crippen LogP contribution in [0.2, 0.25) is 0 Å². The molecule has 0 aromatic carbocycles. The van der Waals surface area contributed by atoms with E-state index in [4.69, 9.17) is 0 Å². The van der Waals surface area contributed by atoms with Crippen LogP contribution in [0.15, 0.2) is 6.07 Å². The second-order valence-corrected chi connectivity index (χ2v) is 8.64. The Kier molecular flexibility index (Phi) is 3.71. The number of aryl methyl sites for hydroxylation is 1. The van der Waals surface area contributed by atoms with E-state index in [2.05, 4.69) is 6.92 Å². The highest BCUT2D eigenvalue weighted by Crippen LogP contribution is 2.43. The number of amides is 1. The van der Waals surface area contributed by atoms with Gasteiger partial charge < -0.3 is 10.0 Å². The summed E-state index contributed by atoms with van der Waals surface area (Å²) in [5.41, 5.74) is 1.31. The Bertz CT molecular complexity index is 653. The fourth-order valence-electron chi connectivity index (χ4n) is 4.78. The molecule has 1 amide bonds. The average molecular weight is 333 g/mol. The van der Waals surface area contributed by atoms with Gasteiger partial charge in [0.05, 0.1) is 4.88 Å². The number of fused-ring (bicyclic) bond motifs is 2. The molecule has 2 heterocycles. The van der Waals surface area contributed by atoms with Gasteiger partial charge in [-0.2, -0.15) is 0 Å². The Morgan fingerprint density at radius 1 is 1.30 bits per heavy atom. The first-order valence-electron chi connectivity index (χ1n) is 8.70. The van der Waals surface area contributed by atoms with E-state index in [1.54, 1.807) is 16.2 Å². The zero-order valence-corrected chi connectivity index (χ0v) is 14.3. The smallest absolute Gasteiger partial charge is 0.326 e. The Labute approximate surface area is 140 Å². The zero-order valence-electron chi connectivity index (χ0n) is 13.5. The Hall–Kier alpha value is -1.36. The predicted molar refractivity (Wildman–Crippen MR) is 88.8 cm³/mol. The van der Waals surface area contributed by atoms with E-state index >= 15 is 0 Å². The molecular formula is C18H23NO3S. The van der Waals surface area contributed by atoms with Gasteiger partial charge in [-0.15, -0.1) is 11.3 Å². The van der Waals surface area contributed by atoms with Crippen LogP contribution in [-0.4, -0.2) is 34.5 Å². The molecule has 4 rings (SSSR count). The highest BCUT2D eigenvalue weighted by Gasteiger charge is 2.49. The second-order valence-electron chi connectivity index (χ2n) is 7.50. The number of carbonyl (C=O) groups excluding carboxylic acids is 1. The van der Waals surface area contributed by atoms with Crippen LogP contribution in [0, 0.1) is 17.8 Å². The van der Waals surface area contributed by atoms with Gasteiger partial charge in [0, 0.05) is 11.4 Å². The van der Waals surface area contributed by atoms with Gasteiger partial charge in [-0.3, -0.25) is 4.79 Å². The fraction of sp³-hybridized carbons (Fsp3) is 0.667. The maximum Gasteiger partial charge on any atom is 0.326 e. The third kappa shape index (κ3) is 2.49. The molecule has 4 nitrogen and oxygen atoms in total. The van der Waals surface area contributed by atoms with Crippen molar-refractivity contribution in [3.8, 4) is 0 Å². The van der Waals surface area contributed by atoms with Crippen molar-refractivity contribution in [3.63, 3.8) is 0 Å². The van der Waals surface area contributed by atoms with Crippen LogP contribution in [0.25, 0.3) is 0 Å². The summed E-state index contributed by atoms with van der Waals surface area (Å²) in [7, 11) is 0. The number of carboxylic acid groups (broad SMARTS) is 1. The number of thiophene rings is 1. The molecule has 1 saturated heterocycles. The molecule has 1 N–H and O–H groups in total. The number of nitrogens with zero attached hydrogens (tertiary/aromatic N) is 1. The van der Waals surface area contributed by atoms with Crippen LogP contribution in [0.1, 0.15) is 52.7 Å². The lowest BCUT2D eigenvalue weighted by molar-refractivity contribution is -0.142. The van der Waals surface area contributed by atoms with Crippen molar-refractivity contribution < 1.29 is 14.7 Å². The molecule has 1 aromatic rings. The van der Waals surface area contributed by atoms with Crippen LogP contribution in [0.5, 0.6) is 0 Å². The van der Waals surface area contributed by atoms with Gasteiger partial charge in [0.15, 0.2) is 0 Å². The number of hydrogen-bond acceptors (Lipinski definition) is 3. The Balaban J connectivity index is 1.60. The minimum Gasteiger partial charge on any atom is -0.480 e. The van der Waals surface area contributed by atoms with Gasteiger partial charge >= 0.3 is 5.97 Å². The summed E-state index contributed by atoms with van der Waals surface area (Å²) in [5.74, 6) is 0.334. The van der Waals surface area contributed by atoms with Crippen molar-refractivity contribution in [2.24, 2.45) is 17.8 Å². The molecule has 4 unspecified atom stereocenters. The summed E-state index contributed by atoms with van der Waals surface area (Å²) in [6, 6.07) is 1.42. The number of rotatable bonds is 2. The standard InChI is InChI=1S/C18H23NO3S/c1-10-5-6-14-12(7-10)8-15(23-14)17(20)19-9-11-3-2-4-13(11)16(19)18(21)22/h8,10-11,13,16H,2-7,9H2,1H3,(H,21,22). The number of carbonyl (C=O) groups is 2. The second kappa shape index (κ2) is 5.62. The van der Waals surface area contributed by atoms with E-state index in [0.717, 1.165) is 37.0 Å². The summed E-state index contributed by atoms with van der Waals surface area (Å²) < 4.78 is 0. The molecule has 2 aliphatic carbocycles. The van der Waals surface area contributed by atoms with E-state index in [0.29, 0.717) is 18.4 Å². The Morgan fingerprint density at radius 3 is 2.91 bits per heavy atom. The van der Waals surface area contributed by atoms with Gasteiger partial charge in [-0.25, -0.2) is 4.79 Å². The van der Waals surface area contributed by atoms with Crippen molar-refractivity contribution in [2.45, 2.75) is 51.5 Å². The minimum atomic E-state index is -0.831. The number of carboxylic acids is 1. The number of likely N-dealkylation sites (tertiary alicyclic amines) is 1. The van der Waals surface area contributed by atoms with Crippen molar-refractivity contribution in [2.75, 3.05) is 6.54 Å². The average Bonchev–Trinajstić information content (AvgIpc) is 3.18. The summed E-state index contributed by atoms with van der Waals surface area (Å²) in [4.78, 5) is 28.4. The molecule has 23 heavy (non-hydrogen) atoms. The van der Waals surface area contributed by atoms with Gasteiger partial charge in [-0.1, -0.05) is 13.3 Å². The lowest BCUT2D eigenvalue weighted by atomic mass is 9.90. The molecule has 0 spiro atoms. The summed E-state index contributed by atoms with van der Waals surface area (Å²) in [5, 5.41) is 9.63. The fourth-order valence-corrected chi connectivity index (χ4v) is 5.95. The van der Waals surface area contributed by atoms with Crippen LogP contribution in [-0.2, 0) is 17.6 Å². The molecular weight excluding hydrogens is 310 g/mol. The molecule has 4 atom stereocenters. The first-order chi connectivity index (χ1) is 11.0. The normalized spacial score (nSPS) is 32.7. The highest BCUT2D eigenvalue weighted by molar-refractivity contribution is 7.14. The largest absolute Gasteiger partial charge is 0.480 e. The third-order valence-electron chi connectivity index (χ3n) is 5.94. The highest BCUT2D eigenvalue weighted by atomic mass is 32.1. The molecule has 124 valence electrons. The quantitative estimate of drug-likeness (QED) is 0.904. The van der Waals surface area contributed by atoms with Gasteiger partial charge in [0.25, 0.3) is 5.91 Å². The van der Waals surface area contributed by atoms with Gasteiger partial charge in [0.2, 0.25) is 0 Å². The van der Waals surface area contributed by atoms with Gasteiger partial charge in [0.1, 0.15) is 6.04 Å². The molecule has 1 saturated carbocycles. The van der Waals surface area contributed by atoms with Crippen LogP contribution < -0.4 is 0 Å². The van der Waals surface area contributed by atoms with Crippen molar-refractivity contribution in [3.05, 3.63) is 21.4 Å². The van der Waals surface area contributed by atoms with Gasteiger partial charge in [-0.05, 0) is 61.5 Å². The van der Waals surface area contributed by atoms with Crippen molar-refractivity contribution >= 4 is 23.2 Å².